The molecule has 1 rings (SSSR count). The molecule has 0 spiro atoms. The van der Waals surface area contributed by atoms with E-state index in [1.54, 1.807) is 12.1 Å². The molecule has 4 nitrogen and oxygen atoms in total. The van der Waals surface area contributed by atoms with Crippen LogP contribution in [0.25, 0.3) is 0 Å². The fourth-order valence-electron chi connectivity index (χ4n) is 1.52. The third-order valence-electron chi connectivity index (χ3n) is 2.56. The van der Waals surface area contributed by atoms with E-state index in [0.29, 0.717) is 10.7 Å². The number of carbonyl (C=O) groups is 1. The van der Waals surface area contributed by atoms with Crippen molar-refractivity contribution in [3.63, 3.8) is 0 Å². The Morgan fingerprint density at radius 1 is 1.16 bits per heavy atom. The molecule has 0 unspecified atom stereocenters. The Balaban J connectivity index is 2.51. The second-order valence-corrected chi connectivity index (χ2v) is 4.58. The molecule has 0 fully saturated rings. The summed E-state index contributed by atoms with van der Waals surface area (Å²) in [5.74, 6) is -0.0331. The molecule has 104 valence electrons. The Labute approximate surface area is 120 Å². The predicted octanol–water partition coefficient (Wildman–Crippen LogP) is 2.52. The highest BCUT2D eigenvalue weighted by atomic mass is 32.1. The van der Waals surface area contributed by atoms with Gasteiger partial charge in [0, 0.05) is 24.3 Å². The van der Waals surface area contributed by atoms with Gasteiger partial charge in [-0.1, -0.05) is 13.3 Å². The van der Waals surface area contributed by atoms with Gasteiger partial charge in [0.1, 0.15) is 0 Å². The Kier molecular flexibility index (Phi) is 6.89. The zero-order valence-electron chi connectivity index (χ0n) is 11.5. The Morgan fingerprint density at radius 3 is 2.42 bits per heavy atom. The first-order chi connectivity index (χ1) is 9.17. The number of nitrogens with one attached hydrogen (secondary N) is 3. The van der Waals surface area contributed by atoms with Gasteiger partial charge >= 0.3 is 0 Å². The zero-order valence-corrected chi connectivity index (χ0v) is 12.3. The third-order valence-corrected chi connectivity index (χ3v) is 2.80. The van der Waals surface area contributed by atoms with Crippen LogP contribution in [0.5, 0.6) is 0 Å². The van der Waals surface area contributed by atoms with E-state index in [-0.39, 0.29) is 5.91 Å². The predicted molar refractivity (Wildman–Crippen MR) is 83.6 cm³/mol. The lowest BCUT2D eigenvalue weighted by Gasteiger charge is -2.09. The summed E-state index contributed by atoms with van der Waals surface area (Å²) in [4.78, 5) is 11.8. The van der Waals surface area contributed by atoms with Crippen LogP contribution in [0.4, 0.5) is 5.69 Å². The van der Waals surface area contributed by atoms with E-state index >= 15 is 0 Å². The van der Waals surface area contributed by atoms with Gasteiger partial charge in [-0.05, 0) is 49.8 Å². The summed E-state index contributed by atoms with van der Waals surface area (Å²) in [5, 5.41) is 9.53. The van der Waals surface area contributed by atoms with Gasteiger partial charge in [-0.3, -0.25) is 4.79 Å². The van der Waals surface area contributed by atoms with E-state index in [1.807, 2.05) is 19.1 Å². The Bertz CT molecular complexity index is 417. The van der Waals surface area contributed by atoms with Crippen LogP contribution < -0.4 is 16.0 Å². The molecule has 0 atom stereocenters. The van der Waals surface area contributed by atoms with E-state index in [1.165, 1.54) is 0 Å². The molecule has 0 aromatic heterocycles. The topological polar surface area (TPSA) is 53.2 Å². The van der Waals surface area contributed by atoms with Crippen molar-refractivity contribution in [2.75, 3.05) is 18.4 Å². The summed E-state index contributed by atoms with van der Waals surface area (Å²) in [7, 11) is 0. The van der Waals surface area contributed by atoms with Crippen LogP contribution in [0.2, 0.25) is 0 Å². The van der Waals surface area contributed by atoms with Crippen molar-refractivity contribution >= 4 is 28.9 Å². The van der Waals surface area contributed by atoms with Crippen molar-refractivity contribution in [2.24, 2.45) is 0 Å². The summed E-state index contributed by atoms with van der Waals surface area (Å²) >= 11 is 5.09. The molecule has 3 N–H and O–H groups in total. The SMILES string of the molecule is CCCCNC(=O)c1ccc(NC(=S)NCC)cc1. The minimum atomic E-state index is -0.0331. The van der Waals surface area contributed by atoms with Crippen LogP contribution in [-0.4, -0.2) is 24.1 Å². The Hall–Kier alpha value is -1.62. The number of anilines is 1. The van der Waals surface area contributed by atoms with Crippen LogP contribution >= 0.6 is 12.2 Å². The van der Waals surface area contributed by atoms with E-state index in [0.717, 1.165) is 31.6 Å². The van der Waals surface area contributed by atoms with Gasteiger partial charge in [-0.15, -0.1) is 0 Å². The fraction of sp³-hybridized carbons (Fsp3) is 0.429. The molecule has 0 saturated heterocycles. The normalized spacial score (nSPS) is 9.79. The fourth-order valence-corrected chi connectivity index (χ4v) is 1.78. The molecule has 0 radical (unpaired) electrons. The van der Waals surface area contributed by atoms with Gasteiger partial charge in [0.05, 0.1) is 0 Å². The van der Waals surface area contributed by atoms with Gasteiger partial charge in [0.2, 0.25) is 0 Å². The van der Waals surface area contributed by atoms with Crippen LogP contribution in [0, 0.1) is 0 Å². The molecule has 19 heavy (non-hydrogen) atoms. The summed E-state index contributed by atoms with van der Waals surface area (Å²) in [5.41, 5.74) is 1.53. The summed E-state index contributed by atoms with van der Waals surface area (Å²) in [6.07, 6.45) is 2.08. The van der Waals surface area contributed by atoms with Crippen LogP contribution in [0.3, 0.4) is 0 Å². The summed E-state index contributed by atoms with van der Waals surface area (Å²) < 4.78 is 0. The Morgan fingerprint density at radius 2 is 1.84 bits per heavy atom. The minimum absolute atomic E-state index is 0.0331. The van der Waals surface area contributed by atoms with Gasteiger partial charge in [-0.25, -0.2) is 0 Å². The second kappa shape index (κ2) is 8.48. The molecule has 0 aliphatic carbocycles. The highest BCUT2D eigenvalue weighted by Crippen LogP contribution is 2.09. The summed E-state index contributed by atoms with van der Waals surface area (Å²) in [6, 6.07) is 7.27. The van der Waals surface area contributed by atoms with Crippen molar-refractivity contribution in [1.82, 2.24) is 10.6 Å². The number of unbranched alkanes of at least 4 members (excludes halogenated alkanes) is 1. The lowest BCUT2D eigenvalue weighted by Crippen LogP contribution is -2.28. The lowest BCUT2D eigenvalue weighted by molar-refractivity contribution is 0.0953. The molecule has 1 aromatic carbocycles. The highest BCUT2D eigenvalue weighted by Gasteiger charge is 2.04. The van der Waals surface area contributed by atoms with Crippen LogP contribution in [0.15, 0.2) is 24.3 Å². The van der Waals surface area contributed by atoms with Crippen molar-refractivity contribution in [2.45, 2.75) is 26.7 Å². The van der Waals surface area contributed by atoms with Gasteiger partial charge in [0.15, 0.2) is 5.11 Å². The number of hydrogen-bond acceptors (Lipinski definition) is 2. The van der Waals surface area contributed by atoms with Crippen molar-refractivity contribution in [1.29, 1.82) is 0 Å². The average Bonchev–Trinajstić information content (AvgIpc) is 2.40. The van der Waals surface area contributed by atoms with E-state index in [4.69, 9.17) is 12.2 Å². The van der Waals surface area contributed by atoms with E-state index in [2.05, 4.69) is 22.9 Å². The maximum atomic E-state index is 11.8. The second-order valence-electron chi connectivity index (χ2n) is 4.17. The number of benzene rings is 1. The molecule has 1 aromatic rings. The highest BCUT2D eigenvalue weighted by molar-refractivity contribution is 7.80. The number of carbonyl (C=O) groups excluding carboxylic acids is 1. The number of hydrogen-bond donors (Lipinski definition) is 3. The molecule has 5 heteroatoms. The first kappa shape index (κ1) is 15.4. The molecular weight excluding hydrogens is 258 g/mol. The third kappa shape index (κ3) is 5.70. The van der Waals surface area contributed by atoms with Gasteiger partial charge < -0.3 is 16.0 Å². The number of rotatable bonds is 6. The quantitative estimate of drug-likeness (QED) is 0.553. The maximum Gasteiger partial charge on any atom is 0.251 e. The van der Waals surface area contributed by atoms with Crippen LogP contribution in [-0.2, 0) is 0 Å². The van der Waals surface area contributed by atoms with Crippen molar-refractivity contribution in [3.05, 3.63) is 29.8 Å². The average molecular weight is 279 g/mol. The van der Waals surface area contributed by atoms with Gasteiger partial charge in [0.25, 0.3) is 5.91 Å². The largest absolute Gasteiger partial charge is 0.363 e. The molecule has 0 aliphatic heterocycles. The van der Waals surface area contributed by atoms with E-state index < -0.39 is 0 Å². The van der Waals surface area contributed by atoms with Gasteiger partial charge in [-0.2, -0.15) is 0 Å². The summed E-state index contributed by atoms with van der Waals surface area (Å²) in [6.45, 7) is 5.58. The minimum Gasteiger partial charge on any atom is -0.363 e. The molecular formula is C14H21N3OS. The monoisotopic (exact) mass is 279 g/mol. The van der Waals surface area contributed by atoms with E-state index in [9.17, 15) is 4.79 Å². The smallest absolute Gasteiger partial charge is 0.251 e. The zero-order chi connectivity index (χ0) is 14.1. The number of thiocarbonyl (C=S) groups is 1. The number of amides is 1. The molecule has 0 bridgehead atoms. The maximum absolute atomic E-state index is 11.8. The van der Waals surface area contributed by atoms with Crippen LogP contribution in [0.1, 0.15) is 37.0 Å². The lowest BCUT2D eigenvalue weighted by atomic mass is 10.2. The van der Waals surface area contributed by atoms with Crippen molar-refractivity contribution in [3.8, 4) is 0 Å². The standard InChI is InChI=1S/C14H21N3OS/c1-3-5-10-16-13(18)11-6-8-12(9-7-11)17-14(19)15-4-2/h6-9H,3-5,10H2,1-2H3,(H,16,18)(H2,15,17,19). The first-order valence-electron chi connectivity index (χ1n) is 6.60. The molecule has 0 saturated carbocycles. The van der Waals surface area contributed by atoms with Crippen molar-refractivity contribution < 1.29 is 4.79 Å². The molecule has 1 amide bonds. The first-order valence-corrected chi connectivity index (χ1v) is 7.01. The molecule has 0 heterocycles. The molecule has 0 aliphatic rings.